The van der Waals surface area contributed by atoms with Gasteiger partial charge in [-0.05, 0) is 24.3 Å². The molecule has 148 valence electrons. The average molecular weight is 414 g/mol. The van der Waals surface area contributed by atoms with Gasteiger partial charge in [0.1, 0.15) is 5.75 Å². The summed E-state index contributed by atoms with van der Waals surface area (Å²) < 4.78 is 30.9. The summed E-state index contributed by atoms with van der Waals surface area (Å²) in [6.07, 6.45) is 2.56. The minimum absolute atomic E-state index is 0.0271. The molecule has 3 rings (SSSR count). The Kier molecular flexibility index (Phi) is 5.20. The van der Waals surface area contributed by atoms with Crippen LogP contribution < -0.4 is 10.3 Å². The predicted molar refractivity (Wildman–Crippen MR) is 101 cm³/mol. The zero-order valence-electron chi connectivity index (χ0n) is 15.2. The maximum Gasteiger partial charge on any atom is 0.359 e. The van der Waals surface area contributed by atoms with Gasteiger partial charge in [-0.3, -0.25) is 4.79 Å². The monoisotopic (exact) mass is 414 g/mol. The molecule has 0 fully saturated rings. The lowest BCUT2D eigenvalue weighted by Gasteiger charge is -2.07. The molecule has 10 nitrogen and oxygen atoms in total. The lowest BCUT2D eigenvalue weighted by molar-refractivity contribution is 0.0687. The highest BCUT2D eigenvalue weighted by Gasteiger charge is 2.18. The van der Waals surface area contributed by atoms with E-state index in [1.807, 2.05) is 0 Å². The number of carboxylic acids is 1. The number of hydrogen-bond acceptors (Lipinski definition) is 7. The van der Waals surface area contributed by atoms with Crippen molar-refractivity contribution in [1.29, 1.82) is 0 Å². The Balaban J connectivity index is 2.04. The van der Waals surface area contributed by atoms with Gasteiger partial charge in [0.05, 0.1) is 4.90 Å². The highest BCUT2D eigenvalue weighted by molar-refractivity contribution is 7.90. The summed E-state index contributed by atoms with van der Waals surface area (Å²) in [5, 5.41) is 18.2. The molecule has 0 aliphatic carbocycles. The van der Waals surface area contributed by atoms with Gasteiger partial charge in [0, 0.05) is 36.7 Å². The van der Waals surface area contributed by atoms with Crippen molar-refractivity contribution in [3.05, 3.63) is 63.7 Å². The Morgan fingerprint density at radius 3 is 2.66 bits per heavy atom. The van der Waals surface area contributed by atoms with E-state index in [1.54, 1.807) is 7.05 Å². The first-order valence-electron chi connectivity index (χ1n) is 8.00. The van der Waals surface area contributed by atoms with Crippen molar-refractivity contribution in [1.82, 2.24) is 20.0 Å². The van der Waals surface area contributed by atoms with E-state index < -0.39 is 15.8 Å². The number of carbonyl (C=O) groups is 1. The molecule has 0 aliphatic heterocycles. The predicted octanol–water partition coefficient (Wildman–Crippen LogP) is 0.797. The van der Waals surface area contributed by atoms with E-state index in [1.165, 1.54) is 41.1 Å². The van der Waals surface area contributed by atoms with Crippen molar-refractivity contribution >= 4 is 15.8 Å². The topological polar surface area (TPSA) is 144 Å². The summed E-state index contributed by atoms with van der Waals surface area (Å²) in [5.74, 6) is 4.09. The summed E-state index contributed by atoms with van der Waals surface area (Å²) in [7, 11) is -2.02. The first-order chi connectivity index (χ1) is 13.6. The van der Waals surface area contributed by atoms with Crippen LogP contribution in [0, 0.1) is 11.8 Å². The van der Waals surface area contributed by atoms with Gasteiger partial charge >= 0.3 is 5.97 Å². The minimum Gasteiger partial charge on any atom is -0.476 e. The van der Waals surface area contributed by atoms with E-state index in [2.05, 4.69) is 27.3 Å². The van der Waals surface area contributed by atoms with Gasteiger partial charge in [-0.25, -0.2) is 18.3 Å². The first-order valence-corrected chi connectivity index (χ1v) is 9.89. The molecule has 0 unspecified atom stereocenters. The van der Waals surface area contributed by atoms with Crippen LogP contribution in [0.4, 0.5) is 0 Å². The van der Waals surface area contributed by atoms with Gasteiger partial charge in [0.15, 0.2) is 9.84 Å². The van der Waals surface area contributed by atoms with Gasteiger partial charge < -0.3 is 14.4 Å². The third-order valence-corrected chi connectivity index (χ3v) is 4.88. The van der Waals surface area contributed by atoms with Crippen molar-refractivity contribution in [2.45, 2.75) is 4.90 Å². The quantitative estimate of drug-likeness (QED) is 0.597. The number of pyridine rings is 1. The summed E-state index contributed by atoms with van der Waals surface area (Å²) in [6.45, 7) is 0. The summed E-state index contributed by atoms with van der Waals surface area (Å²) in [5.41, 5.74) is 0.0846. The molecule has 0 radical (unpaired) electrons. The molecule has 2 N–H and O–H groups in total. The average Bonchev–Trinajstić information content (AvgIpc) is 3.10. The van der Waals surface area contributed by atoms with Crippen molar-refractivity contribution in [3.63, 3.8) is 0 Å². The molecule has 0 spiro atoms. The number of nitrogens with zero attached hydrogens (tertiary/aromatic N) is 3. The molecule has 2 heterocycles. The number of aryl methyl sites for hydroxylation is 1. The standard InChI is InChI=1S/C18H14N4O6S/c1-22-10-11(4-8-15(22)23)3-5-12-9-13(6-7-14(12)29(2,26)27)28-17-16(18(24)25)19-21-20-17/h4,6-10H,1-2H3,(H,24,25)(H,19,20,21). The van der Waals surface area contributed by atoms with Crippen molar-refractivity contribution < 1.29 is 23.1 Å². The Morgan fingerprint density at radius 1 is 1.24 bits per heavy atom. The molecule has 0 saturated heterocycles. The minimum atomic E-state index is -3.59. The molecule has 0 aliphatic rings. The van der Waals surface area contributed by atoms with Gasteiger partial charge in [-0.2, -0.15) is 0 Å². The van der Waals surface area contributed by atoms with Crippen LogP contribution in [0.3, 0.4) is 0 Å². The van der Waals surface area contributed by atoms with E-state index in [-0.39, 0.29) is 33.3 Å². The van der Waals surface area contributed by atoms with Gasteiger partial charge in [-0.1, -0.05) is 22.2 Å². The highest BCUT2D eigenvalue weighted by Crippen LogP contribution is 2.26. The van der Waals surface area contributed by atoms with Crippen LogP contribution in [0.1, 0.15) is 21.6 Å². The number of nitrogens with one attached hydrogen (secondary N) is 1. The molecule has 1 aromatic carbocycles. The molecular formula is C18H14N4O6S. The molecule has 0 saturated carbocycles. The fourth-order valence-corrected chi connectivity index (χ4v) is 3.17. The number of ether oxygens (including phenoxy) is 1. The van der Waals surface area contributed by atoms with Crippen LogP contribution in [-0.2, 0) is 16.9 Å². The number of aromatic amines is 1. The van der Waals surface area contributed by atoms with E-state index in [0.717, 1.165) is 6.26 Å². The van der Waals surface area contributed by atoms with Gasteiger partial charge in [0.2, 0.25) is 11.3 Å². The largest absolute Gasteiger partial charge is 0.476 e. The van der Waals surface area contributed by atoms with Crippen molar-refractivity contribution in [3.8, 4) is 23.5 Å². The molecular weight excluding hydrogens is 400 g/mol. The Morgan fingerprint density at radius 2 is 2.00 bits per heavy atom. The zero-order valence-corrected chi connectivity index (χ0v) is 16.0. The Bertz CT molecular complexity index is 1330. The number of aromatic carboxylic acids is 1. The van der Waals surface area contributed by atoms with E-state index in [0.29, 0.717) is 5.56 Å². The maximum atomic E-state index is 12.1. The van der Waals surface area contributed by atoms with E-state index >= 15 is 0 Å². The van der Waals surface area contributed by atoms with Crippen LogP contribution in [0.15, 0.2) is 46.2 Å². The fraction of sp³-hybridized carbons (Fsp3) is 0.111. The number of aromatic nitrogens is 4. The normalized spacial score (nSPS) is 10.8. The fourth-order valence-electron chi connectivity index (χ4n) is 2.34. The van der Waals surface area contributed by atoms with Gasteiger partial charge in [0.25, 0.3) is 5.88 Å². The van der Waals surface area contributed by atoms with E-state index in [9.17, 15) is 18.0 Å². The molecule has 11 heteroatoms. The van der Waals surface area contributed by atoms with E-state index in [4.69, 9.17) is 9.84 Å². The summed E-state index contributed by atoms with van der Waals surface area (Å²) in [4.78, 5) is 22.6. The second-order valence-corrected chi connectivity index (χ2v) is 7.93. The molecule has 0 amide bonds. The summed E-state index contributed by atoms with van der Waals surface area (Å²) in [6, 6.07) is 6.87. The third-order valence-electron chi connectivity index (χ3n) is 3.72. The lowest BCUT2D eigenvalue weighted by atomic mass is 10.2. The van der Waals surface area contributed by atoms with Crippen LogP contribution in [0.25, 0.3) is 0 Å². The van der Waals surface area contributed by atoms with Crippen molar-refractivity contribution in [2.24, 2.45) is 7.05 Å². The number of benzene rings is 1. The van der Waals surface area contributed by atoms with Crippen LogP contribution >= 0.6 is 0 Å². The Labute approximate surface area is 164 Å². The SMILES string of the molecule is Cn1cc(C#Cc2cc(Oc3nn[nH]c3C(=O)O)ccc2S(C)(=O)=O)ccc1=O. The second-order valence-electron chi connectivity index (χ2n) is 5.95. The zero-order chi connectivity index (χ0) is 21.2. The van der Waals surface area contributed by atoms with Crippen LogP contribution in [0.5, 0.6) is 11.6 Å². The number of hydrogen-bond donors (Lipinski definition) is 2. The Hall–Kier alpha value is -3.91. The molecule has 3 aromatic rings. The molecule has 29 heavy (non-hydrogen) atoms. The maximum absolute atomic E-state index is 12.1. The molecule has 0 atom stereocenters. The number of sulfone groups is 1. The van der Waals surface area contributed by atoms with Crippen LogP contribution in [-0.4, -0.2) is 45.7 Å². The first kappa shape index (κ1) is 19.8. The molecule has 0 bridgehead atoms. The lowest BCUT2D eigenvalue weighted by Crippen LogP contribution is -2.14. The number of carboxylic acid groups (broad SMARTS) is 1. The third kappa shape index (κ3) is 4.50. The number of H-pyrrole nitrogens is 1. The van der Waals surface area contributed by atoms with Crippen LogP contribution in [0.2, 0.25) is 0 Å². The van der Waals surface area contributed by atoms with Gasteiger partial charge in [-0.15, -0.1) is 0 Å². The molecule has 2 aromatic heterocycles. The second kappa shape index (κ2) is 7.61. The summed E-state index contributed by atoms with van der Waals surface area (Å²) >= 11 is 0. The number of rotatable bonds is 4. The smallest absolute Gasteiger partial charge is 0.359 e. The van der Waals surface area contributed by atoms with Crippen molar-refractivity contribution in [2.75, 3.05) is 6.26 Å². The highest BCUT2D eigenvalue weighted by atomic mass is 32.2.